The lowest BCUT2D eigenvalue weighted by molar-refractivity contribution is -0.137. The van der Waals surface area contributed by atoms with Crippen molar-refractivity contribution in [2.45, 2.75) is 45.3 Å². The summed E-state index contributed by atoms with van der Waals surface area (Å²) in [6, 6.07) is 13.1. The van der Waals surface area contributed by atoms with Crippen LogP contribution < -0.4 is 4.90 Å². The zero-order valence-corrected chi connectivity index (χ0v) is 20.7. The summed E-state index contributed by atoms with van der Waals surface area (Å²) in [5.74, 6) is -3.37. The van der Waals surface area contributed by atoms with Gasteiger partial charge in [-0.3, -0.25) is 14.5 Å². The number of hydrogen-bond donors (Lipinski definition) is 1. The minimum Gasteiger partial charge on any atom is -0.507 e. The molecule has 1 aliphatic heterocycles. The third kappa shape index (κ3) is 4.75. The molecule has 1 N–H and O–H groups in total. The maximum Gasteiger partial charge on any atom is 0.416 e. The second kappa shape index (κ2) is 9.18. The number of aryl methyl sites for hydroxylation is 1. The van der Waals surface area contributed by atoms with E-state index in [1.54, 1.807) is 19.1 Å². The lowest BCUT2D eigenvalue weighted by Gasteiger charge is -2.26. The molecule has 0 saturated carbocycles. The van der Waals surface area contributed by atoms with E-state index < -0.39 is 41.0 Å². The summed E-state index contributed by atoms with van der Waals surface area (Å²) in [5.41, 5.74) is 0.0984. The molecule has 1 saturated heterocycles. The van der Waals surface area contributed by atoms with Gasteiger partial charge in [0.05, 0.1) is 17.2 Å². The molecular formula is C29H25F4NO3. The van der Waals surface area contributed by atoms with Crippen molar-refractivity contribution in [1.29, 1.82) is 0 Å². The summed E-state index contributed by atoms with van der Waals surface area (Å²) in [4.78, 5) is 27.5. The zero-order chi connectivity index (χ0) is 27.3. The number of ketones is 1. The van der Waals surface area contributed by atoms with Crippen molar-refractivity contribution in [3.8, 4) is 0 Å². The molecule has 8 heteroatoms. The fourth-order valence-electron chi connectivity index (χ4n) is 4.39. The molecule has 37 heavy (non-hydrogen) atoms. The maximum absolute atomic E-state index is 15.0. The molecule has 4 nitrogen and oxygen atoms in total. The van der Waals surface area contributed by atoms with Crippen molar-refractivity contribution >= 4 is 23.1 Å². The maximum atomic E-state index is 15.0. The van der Waals surface area contributed by atoms with E-state index in [0.717, 1.165) is 40.8 Å². The topological polar surface area (TPSA) is 57.6 Å². The number of benzene rings is 3. The second-order valence-electron chi connectivity index (χ2n) is 10.0. The minimum absolute atomic E-state index is 0.0393. The zero-order valence-electron chi connectivity index (χ0n) is 20.7. The fraction of sp³-hybridized carbons (Fsp3) is 0.241. The van der Waals surface area contributed by atoms with Crippen LogP contribution in [0.4, 0.5) is 23.2 Å². The van der Waals surface area contributed by atoms with E-state index in [4.69, 9.17) is 0 Å². The van der Waals surface area contributed by atoms with Gasteiger partial charge in [-0.2, -0.15) is 13.2 Å². The monoisotopic (exact) mass is 511 g/mol. The third-order valence-corrected chi connectivity index (χ3v) is 6.48. The molecule has 0 bridgehead atoms. The first kappa shape index (κ1) is 26.1. The Morgan fingerprint density at radius 3 is 2.05 bits per heavy atom. The van der Waals surface area contributed by atoms with Gasteiger partial charge in [-0.05, 0) is 59.9 Å². The number of amides is 1. The van der Waals surface area contributed by atoms with E-state index in [-0.39, 0.29) is 22.2 Å². The number of aliphatic hydroxyl groups is 1. The summed E-state index contributed by atoms with van der Waals surface area (Å²) in [6.45, 7) is 7.66. The number of hydrogen-bond acceptors (Lipinski definition) is 3. The van der Waals surface area contributed by atoms with Crippen LogP contribution in [0.5, 0.6) is 0 Å². The van der Waals surface area contributed by atoms with Crippen LogP contribution in [0, 0.1) is 12.7 Å². The molecule has 1 atom stereocenters. The summed E-state index contributed by atoms with van der Waals surface area (Å²) in [6.07, 6.45) is -4.60. The van der Waals surface area contributed by atoms with Gasteiger partial charge in [0, 0.05) is 16.8 Å². The summed E-state index contributed by atoms with van der Waals surface area (Å²) < 4.78 is 54.4. The Balaban J connectivity index is 1.97. The van der Waals surface area contributed by atoms with E-state index >= 15 is 4.39 Å². The SMILES string of the molecule is Cc1ccc(C(C)(C)C)cc1/C(O)=C1\C(=O)C(=O)N(c2ccc(C(F)(F)F)cc2)C1c1ccccc1F. The molecule has 0 aliphatic carbocycles. The number of nitrogens with zero attached hydrogens (tertiary/aromatic N) is 1. The van der Waals surface area contributed by atoms with Crippen molar-refractivity contribution in [1.82, 2.24) is 0 Å². The van der Waals surface area contributed by atoms with E-state index in [1.165, 1.54) is 18.2 Å². The summed E-state index contributed by atoms with van der Waals surface area (Å²) in [5, 5.41) is 11.4. The van der Waals surface area contributed by atoms with Crippen molar-refractivity contribution < 1.29 is 32.3 Å². The molecule has 0 aromatic heterocycles. The smallest absolute Gasteiger partial charge is 0.416 e. The highest BCUT2D eigenvalue weighted by Crippen LogP contribution is 2.44. The van der Waals surface area contributed by atoms with Gasteiger partial charge >= 0.3 is 6.18 Å². The summed E-state index contributed by atoms with van der Waals surface area (Å²) >= 11 is 0. The molecule has 3 aromatic rings. The number of anilines is 1. The van der Waals surface area contributed by atoms with Crippen molar-refractivity contribution in [3.63, 3.8) is 0 Å². The highest BCUT2D eigenvalue weighted by molar-refractivity contribution is 6.51. The Labute approximate surface area is 211 Å². The second-order valence-corrected chi connectivity index (χ2v) is 10.0. The first-order valence-electron chi connectivity index (χ1n) is 11.6. The largest absolute Gasteiger partial charge is 0.507 e. The quantitative estimate of drug-likeness (QED) is 0.177. The predicted molar refractivity (Wildman–Crippen MR) is 133 cm³/mol. The minimum atomic E-state index is -4.60. The molecule has 4 rings (SSSR count). The van der Waals surface area contributed by atoms with Crippen molar-refractivity contribution in [2.75, 3.05) is 4.90 Å². The van der Waals surface area contributed by atoms with Crippen LogP contribution in [0.2, 0.25) is 0 Å². The highest BCUT2D eigenvalue weighted by atomic mass is 19.4. The first-order chi connectivity index (χ1) is 17.2. The van der Waals surface area contributed by atoms with Gasteiger partial charge < -0.3 is 5.11 Å². The Morgan fingerprint density at radius 1 is 0.892 bits per heavy atom. The van der Waals surface area contributed by atoms with Crippen LogP contribution in [-0.2, 0) is 21.2 Å². The fourth-order valence-corrected chi connectivity index (χ4v) is 4.39. The Bertz CT molecular complexity index is 1420. The predicted octanol–water partition coefficient (Wildman–Crippen LogP) is 7.08. The van der Waals surface area contributed by atoms with Gasteiger partial charge in [0.15, 0.2) is 0 Å². The van der Waals surface area contributed by atoms with Crippen LogP contribution in [0.15, 0.2) is 72.3 Å². The van der Waals surface area contributed by atoms with Crippen LogP contribution in [-0.4, -0.2) is 16.8 Å². The van der Waals surface area contributed by atoms with Crippen molar-refractivity contribution in [3.05, 3.63) is 106 Å². The molecule has 192 valence electrons. The number of alkyl halides is 3. The molecule has 1 amide bonds. The Morgan fingerprint density at radius 2 is 1.49 bits per heavy atom. The Hall–Kier alpha value is -3.94. The normalized spacial score (nSPS) is 17.9. The average Bonchev–Trinajstić information content (AvgIpc) is 3.08. The molecule has 1 aliphatic rings. The lowest BCUT2D eigenvalue weighted by Crippen LogP contribution is -2.30. The van der Waals surface area contributed by atoms with E-state index in [1.807, 2.05) is 26.8 Å². The number of Topliss-reactive ketones (excluding diaryl/α,β-unsaturated/α-hetero) is 1. The van der Waals surface area contributed by atoms with E-state index in [2.05, 4.69) is 0 Å². The third-order valence-electron chi connectivity index (χ3n) is 6.48. The Kier molecular flexibility index (Phi) is 6.48. The van der Waals surface area contributed by atoms with Crippen LogP contribution in [0.3, 0.4) is 0 Å². The molecule has 1 unspecified atom stereocenters. The lowest BCUT2D eigenvalue weighted by atomic mass is 9.84. The number of aliphatic hydroxyl groups excluding tert-OH is 1. The average molecular weight is 512 g/mol. The molecule has 1 fully saturated rings. The highest BCUT2D eigenvalue weighted by Gasteiger charge is 2.48. The van der Waals surface area contributed by atoms with Gasteiger partial charge in [-0.1, -0.05) is 51.1 Å². The number of halogens is 4. The van der Waals surface area contributed by atoms with Crippen molar-refractivity contribution in [2.24, 2.45) is 0 Å². The van der Waals surface area contributed by atoms with Gasteiger partial charge in [-0.15, -0.1) is 0 Å². The number of carbonyl (C=O) groups excluding carboxylic acids is 2. The number of carbonyl (C=O) groups is 2. The van der Waals surface area contributed by atoms with E-state index in [0.29, 0.717) is 11.1 Å². The van der Waals surface area contributed by atoms with E-state index in [9.17, 15) is 27.9 Å². The van der Waals surface area contributed by atoms with Crippen LogP contribution >= 0.6 is 0 Å². The summed E-state index contributed by atoms with van der Waals surface area (Å²) in [7, 11) is 0. The number of rotatable bonds is 3. The first-order valence-corrected chi connectivity index (χ1v) is 11.6. The van der Waals surface area contributed by atoms with Crippen LogP contribution in [0.25, 0.3) is 5.76 Å². The molecular weight excluding hydrogens is 486 g/mol. The molecule has 0 radical (unpaired) electrons. The van der Waals surface area contributed by atoms with Gasteiger partial charge in [-0.25, -0.2) is 4.39 Å². The molecule has 3 aromatic carbocycles. The van der Waals surface area contributed by atoms with Gasteiger partial charge in [0.25, 0.3) is 11.7 Å². The molecule has 0 spiro atoms. The van der Waals surface area contributed by atoms with Gasteiger partial charge in [0.2, 0.25) is 0 Å². The molecule has 1 heterocycles. The van der Waals surface area contributed by atoms with Gasteiger partial charge in [0.1, 0.15) is 11.6 Å². The van der Waals surface area contributed by atoms with Crippen LogP contribution in [0.1, 0.15) is 54.6 Å². The standard InChI is InChI=1S/C29H25F4NO3/c1-16-9-10-18(28(2,3)4)15-21(16)25(35)23-24(20-7-5-6-8-22(20)30)34(27(37)26(23)36)19-13-11-17(12-14-19)29(31,32)33/h5-15,24,35H,1-4H3/b25-23+.